The van der Waals surface area contributed by atoms with Crippen LogP contribution in [-0.2, 0) is 23.8 Å². The number of carbonyl (C=O) groups excluding carboxylic acids is 2. The summed E-state index contributed by atoms with van der Waals surface area (Å²) in [5.41, 5.74) is 0. The molecule has 2 heterocycles. The molecule has 0 aromatic heterocycles. The number of carbonyl (C=O) groups is 2. The molecule has 0 spiro atoms. The summed E-state index contributed by atoms with van der Waals surface area (Å²) in [5, 5.41) is 155. The summed E-state index contributed by atoms with van der Waals surface area (Å²) in [4.78, 5) is 19.8. The van der Waals surface area contributed by atoms with Gasteiger partial charge in [0, 0.05) is 0 Å². The predicted molar refractivity (Wildman–Crippen MR) is 142 cm³/mol. The lowest BCUT2D eigenvalue weighted by Crippen LogP contribution is -2.64. The van der Waals surface area contributed by atoms with Crippen LogP contribution in [0.3, 0.4) is 0 Å². The van der Waals surface area contributed by atoms with Crippen LogP contribution in [-0.4, -0.2) is 229 Å². The molecule has 2 rings (SSSR count). The molecule has 18 atom stereocenters. The van der Waals surface area contributed by atoms with E-state index in [0.29, 0.717) is 0 Å². The van der Waals surface area contributed by atoms with Crippen LogP contribution in [0, 0.1) is 0 Å². The zero-order chi connectivity index (χ0) is 36.0. The first-order chi connectivity index (χ1) is 21.4. The minimum Gasteiger partial charge on any atom is -0.394 e. The van der Waals surface area contributed by atoms with Crippen LogP contribution in [0.5, 0.6) is 0 Å². The molecule has 274 valence electrons. The average molecular weight is 687 g/mol. The van der Waals surface area contributed by atoms with Crippen molar-refractivity contribution < 1.29 is 111 Å². The molecular formula is C24H46O22. The lowest BCUT2D eigenvalue weighted by Gasteiger charge is -2.45. The Balaban J connectivity index is 0.000000744. The van der Waals surface area contributed by atoms with E-state index < -0.39 is 130 Å². The quantitative estimate of drug-likeness (QED) is 0.0799. The maximum absolute atomic E-state index is 9.94. The zero-order valence-electron chi connectivity index (χ0n) is 24.3. The molecule has 0 aromatic carbocycles. The fourth-order valence-corrected chi connectivity index (χ4v) is 3.76. The Morgan fingerprint density at radius 1 is 0.609 bits per heavy atom. The van der Waals surface area contributed by atoms with Gasteiger partial charge in [0.25, 0.3) is 0 Å². The first-order valence-corrected chi connectivity index (χ1v) is 13.6. The SMILES string of the molecule is C[C@H](O)[C@H](O)[C@@H](O)[C@@H](O)C=O.O=C[C@H](O)[C@@H](O)[C@@H](O)[C@H](O)CO.OC[C@H]1O[C@@H](O[C@H]2[C@H](O)[C@@H](O)[C@H](O)O[C@@H]2CO)[C@H](O)[C@@H](O)[C@H]1O. The zero-order valence-corrected chi connectivity index (χ0v) is 24.3. The van der Waals surface area contributed by atoms with Crippen molar-refractivity contribution in [1.82, 2.24) is 0 Å². The van der Waals surface area contributed by atoms with Crippen LogP contribution in [0.25, 0.3) is 0 Å². The summed E-state index contributed by atoms with van der Waals surface area (Å²) in [6.45, 7) is -0.864. The smallest absolute Gasteiger partial charge is 0.187 e. The van der Waals surface area contributed by atoms with Gasteiger partial charge in [-0.2, -0.15) is 0 Å². The summed E-state index contributed by atoms with van der Waals surface area (Å²) >= 11 is 0. The van der Waals surface area contributed by atoms with Gasteiger partial charge in [0.15, 0.2) is 25.2 Å². The standard InChI is InChI=1S/C12H22O11.C6H12O6.C6H12O5/c13-1-3-5(15)6(16)9(19)12(22-3)23-10-4(2-14)21-11(20)8(18)7(10)17;7-1-3(9)5(11)6(12)4(10)2-8;1-3(8)5(10)6(11)4(9)2-7/h3-20H,1-2H2;1,3-6,8-12H,2H2;2-6,8-11H,1H3/t3-,4-,5+,6+,7-,8-,9-,10-,11-,12+;3-,4+,5+,6-;3-,4-,5-,6-/m100/s1. The Hall–Kier alpha value is -1.46. The van der Waals surface area contributed by atoms with E-state index in [1.165, 1.54) is 6.92 Å². The second-order valence-electron chi connectivity index (χ2n) is 10.2. The third-order valence-electron chi connectivity index (χ3n) is 6.73. The van der Waals surface area contributed by atoms with Crippen molar-refractivity contribution in [3.63, 3.8) is 0 Å². The highest BCUT2D eigenvalue weighted by Gasteiger charge is 2.50. The third-order valence-corrected chi connectivity index (χ3v) is 6.73. The van der Waals surface area contributed by atoms with Crippen LogP contribution in [0.4, 0.5) is 0 Å². The Labute approximate surface area is 260 Å². The lowest BCUT2D eigenvalue weighted by molar-refractivity contribution is -0.355. The molecule has 2 aliphatic rings. The molecule has 0 saturated carbocycles. The maximum atomic E-state index is 9.94. The van der Waals surface area contributed by atoms with Crippen molar-refractivity contribution in [2.45, 2.75) is 117 Å². The summed E-state index contributed by atoms with van der Waals surface area (Å²) in [5.74, 6) is 0. The molecule has 0 unspecified atom stereocenters. The van der Waals surface area contributed by atoms with Gasteiger partial charge in [-0.1, -0.05) is 0 Å². The Kier molecular flexibility index (Phi) is 20.8. The summed E-state index contributed by atoms with van der Waals surface area (Å²) < 4.78 is 15.3. The van der Waals surface area contributed by atoms with E-state index in [9.17, 15) is 45.3 Å². The molecular weight excluding hydrogens is 640 g/mol. The van der Waals surface area contributed by atoms with Crippen molar-refractivity contribution in [2.24, 2.45) is 0 Å². The highest BCUT2D eigenvalue weighted by Crippen LogP contribution is 2.28. The Bertz CT molecular complexity index is 834. The molecule has 17 N–H and O–H groups in total. The van der Waals surface area contributed by atoms with Gasteiger partial charge in [0.2, 0.25) is 0 Å². The largest absolute Gasteiger partial charge is 0.394 e. The molecule has 2 saturated heterocycles. The topological polar surface area (TPSA) is 406 Å². The second-order valence-corrected chi connectivity index (χ2v) is 10.2. The van der Waals surface area contributed by atoms with Crippen molar-refractivity contribution in [2.75, 3.05) is 19.8 Å². The number of aliphatic hydroxyl groups is 17. The van der Waals surface area contributed by atoms with Crippen LogP contribution in [0.1, 0.15) is 6.92 Å². The van der Waals surface area contributed by atoms with E-state index in [0.717, 1.165) is 0 Å². The van der Waals surface area contributed by atoms with Crippen LogP contribution in [0.15, 0.2) is 0 Å². The summed E-state index contributed by atoms with van der Waals surface area (Å²) in [6.07, 6.45) is -28.3. The van der Waals surface area contributed by atoms with Crippen molar-refractivity contribution >= 4 is 12.6 Å². The normalized spacial score (nSPS) is 36.6. The highest BCUT2D eigenvalue weighted by atomic mass is 16.7. The molecule has 0 aromatic rings. The van der Waals surface area contributed by atoms with E-state index in [2.05, 4.69) is 0 Å². The molecule has 0 radical (unpaired) electrons. The number of hydrogen-bond acceptors (Lipinski definition) is 22. The highest BCUT2D eigenvalue weighted by molar-refractivity contribution is 5.57. The average Bonchev–Trinajstić information content (AvgIpc) is 3.06. The van der Waals surface area contributed by atoms with Gasteiger partial charge in [-0.15, -0.1) is 0 Å². The molecule has 22 heteroatoms. The monoisotopic (exact) mass is 686 g/mol. The summed E-state index contributed by atoms with van der Waals surface area (Å²) in [6, 6.07) is 0. The molecule has 0 bridgehead atoms. The van der Waals surface area contributed by atoms with Crippen molar-refractivity contribution in [3.8, 4) is 0 Å². The van der Waals surface area contributed by atoms with Gasteiger partial charge in [-0.3, -0.25) is 0 Å². The Morgan fingerprint density at radius 2 is 1.09 bits per heavy atom. The lowest BCUT2D eigenvalue weighted by atomic mass is 9.97. The van der Waals surface area contributed by atoms with Gasteiger partial charge >= 0.3 is 0 Å². The maximum Gasteiger partial charge on any atom is 0.187 e. The second kappa shape index (κ2) is 21.5. The van der Waals surface area contributed by atoms with Crippen LogP contribution < -0.4 is 0 Å². The number of hydrogen-bond donors (Lipinski definition) is 17. The molecule has 0 aliphatic carbocycles. The molecule has 2 aliphatic heterocycles. The van der Waals surface area contributed by atoms with Crippen LogP contribution >= 0.6 is 0 Å². The fraction of sp³-hybridized carbons (Fsp3) is 0.917. The number of ether oxygens (including phenoxy) is 3. The molecule has 22 nitrogen and oxygen atoms in total. The Morgan fingerprint density at radius 3 is 1.50 bits per heavy atom. The van der Waals surface area contributed by atoms with E-state index in [1.54, 1.807) is 0 Å². The number of aldehydes is 2. The third kappa shape index (κ3) is 12.5. The first-order valence-electron chi connectivity index (χ1n) is 13.6. The molecule has 0 amide bonds. The van der Waals surface area contributed by atoms with E-state index in [1.807, 2.05) is 0 Å². The van der Waals surface area contributed by atoms with Crippen molar-refractivity contribution in [3.05, 3.63) is 0 Å². The van der Waals surface area contributed by atoms with Gasteiger partial charge in [-0.25, -0.2) is 0 Å². The van der Waals surface area contributed by atoms with E-state index >= 15 is 0 Å². The van der Waals surface area contributed by atoms with E-state index in [4.69, 9.17) is 65.3 Å². The number of aliphatic hydroxyl groups excluding tert-OH is 17. The van der Waals surface area contributed by atoms with Gasteiger partial charge in [-0.05, 0) is 6.92 Å². The first kappa shape index (κ1) is 44.5. The predicted octanol–water partition coefficient (Wildman–Crippen LogP) is -11.1. The minimum absolute atomic E-state index is 0.0258. The molecule has 2 fully saturated rings. The fourth-order valence-electron chi connectivity index (χ4n) is 3.76. The number of rotatable bonds is 13. The van der Waals surface area contributed by atoms with Gasteiger partial charge in [0.1, 0.15) is 91.6 Å². The molecule has 46 heavy (non-hydrogen) atoms. The van der Waals surface area contributed by atoms with Crippen molar-refractivity contribution in [1.29, 1.82) is 0 Å². The van der Waals surface area contributed by atoms with Gasteiger partial charge < -0.3 is 111 Å². The van der Waals surface area contributed by atoms with E-state index in [-0.39, 0.29) is 12.6 Å². The summed E-state index contributed by atoms with van der Waals surface area (Å²) in [7, 11) is 0. The van der Waals surface area contributed by atoms with Gasteiger partial charge in [0.05, 0.1) is 25.9 Å². The minimum atomic E-state index is -1.79. The van der Waals surface area contributed by atoms with Crippen LogP contribution in [0.2, 0.25) is 0 Å².